The second-order valence-corrected chi connectivity index (χ2v) is 6.07. The lowest BCUT2D eigenvalue weighted by atomic mass is 10.1. The Morgan fingerprint density at radius 1 is 0.958 bits per heavy atom. The summed E-state index contributed by atoms with van der Waals surface area (Å²) < 4.78 is 16.9. The van der Waals surface area contributed by atoms with Gasteiger partial charge in [-0.3, -0.25) is 4.79 Å². The Morgan fingerprint density at radius 2 is 1.62 bits per heavy atom. The average molecular weight is 390 g/mol. The number of methoxy groups -OCH3 is 3. The summed E-state index contributed by atoms with van der Waals surface area (Å²) in [4.78, 5) is 16.0. The largest absolute Gasteiger partial charge is 0.493 e. The molecule has 0 bridgehead atoms. The van der Waals surface area contributed by atoms with Gasteiger partial charge in [0.05, 0.1) is 27.0 Å². The fourth-order valence-corrected chi connectivity index (χ4v) is 2.97. The predicted octanol–water partition coefficient (Wildman–Crippen LogP) is 4.19. The molecule has 5 nitrogen and oxygen atoms in total. The smallest absolute Gasteiger partial charge is 0.209 e. The molecule has 0 saturated carbocycles. The molecule has 0 radical (unpaired) electrons. The van der Waals surface area contributed by atoms with E-state index < -0.39 is 0 Å². The molecule has 0 fully saturated rings. The zero-order valence-corrected chi connectivity index (χ0v) is 15.1. The van der Waals surface area contributed by atoms with E-state index in [1.807, 2.05) is 24.3 Å². The lowest BCUT2D eigenvalue weighted by Gasteiger charge is -2.13. The van der Waals surface area contributed by atoms with Crippen LogP contribution in [0.2, 0.25) is 0 Å². The minimum absolute atomic E-state index is 0.151. The summed E-state index contributed by atoms with van der Waals surface area (Å²) in [5, 5.41) is 0.958. The van der Waals surface area contributed by atoms with Crippen LogP contribution in [0.4, 0.5) is 0 Å². The van der Waals surface area contributed by atoms with Crippen molar-refractivity contribution in [2.45, 2.75) is 0 Å². The molecule has 0 amide bonds. The normalized spacial score (nSPS) is 10.7. The minimum Gasteiger partial charge on any atom is -0.493 e. The molecule has 1 N–H and O–H groups in total. The highest BCUT2D eigenvalue weighted by Crippen LogP contribution is 2.38. The molecule has 0 aliphatic heterocycles. The van der Waals surface area contributed by atoms with Gasteiger partial charge >= 0.3 is 0 Å². The molecule has 2 aromatic carbocycles. The third-order valence-electron chi connectivity index (χ3n) is 3.75. The number of aromatic nitrogens is 1. The first kappa shape index (κ1) is 16.4. The second kappa shape index (κ2) is 6.57. The Hall–Kier alpha value is -2.47. The summed E-state index contributed by atoms with van der Waals surface area (Å²) in [6, 6.07) is 10.9. The number of H-pyrrole nitrogens is 1. The number of carbonyl (C=O) groups excluding carboxylic acids is 1. The van der Waals surface area contributed by atoms with Crippen LogP contribution in [0.1, 0.15) is 16.1 Å². The molecule has 0 unspecified atom stereocenters. The summed E-state index contributed by atoms with van der Waals surface area (Å²) in [5.74, 6) is 1.19. The Balaban J connectivity index is 2.08. The number of ketones is 1. The third kappa shape index (κ3) is 2.85. The van der Waals surface area contributed by atoms with Crippen molar-refractivity contribution in [2.75, 3.05) is 21.3 Å². The van der Waals surface area contributed by atoms with Crippen LogP contribution in [0.3, 0.4) is 0 Å². The minimum atomic E-state index is -0.151. The van der Waals surface area contributed by atoms with Gasteiger partial charge in [-0.15, -0.1) is 0 Å². The molecule has 124 valence electrons. The fraction of sp³-hybridized carbons (Fsp3) is 0.167. The van der Waals surface area contributed by atoms with Crippen molar-refractivity contribution in [3.63, 3.8) is 0 Å². The number of ether oxygens (including phenoxy) is 3. The molecule has 1 heterocycles. The summed E-state index contributed by atoms with van der Waals surface area (Å²) in [7, 11) is 4.56. The SMILES string of the molecule is COc1cc(C(=O)c2cc3cc(Br)ccc3[nH]2)cc(OC)c1OC. The number of halogens is 1. The monoisotopic (exact) mass is 389 g/mol. The zero-order chi connectivity index (χ0) is 17.3. The predicted molar refractivity (Wildman–Crippen MR) is 95.5 cm³/mol. The molecular formula is C18H16BrNO4. The molecule has 0 aliphatic carbocycles. The summed E-state index contributed by atoms with van der Waals surface area (Å²) >= 11 is 3.43. The van der Waals surface area contributed by atoms with E-state index in [9.17, 15) is 4.79 Å². The maximum atomic E-state index is 12.8. The van der Waals surface area contributed by atoms with Crippen molar-refractivity contribution in [3.8, 4) is 17.2 Å². The van der Waals surface area contributed by atoms with Gasteiger partial charge in [0, 0.05) is 20.9 Å². The van der Waals surface area contributed by atoms with E-state index in [1.54, 1.807) is 12.1 Å². The molecule has 0 atom stereocenters. The maximum absolute atomic E-state index is 12.8. The summed E-state index contributed by atoms with van der Waals surface area (Å²) in [6.07, 6.45) is 0. The molecule has 1 aromatic heterocycles. The quantitative estimate of drug-likeness (QED) is 0.664. The van der Waals surface area contributed by atoms with Crippen LogP contribution in [0.5, 0.6) is 17.2 Å². The first-order chi connectivity index (χ1) is 11.6. The summed E-state index contributed by atoms with van der Waals surface area (Å²) in [5.41, 5.74) is 1.85. The van der Waals surface area contributed by atoms with E-state index in [4.69, 9.17) is 14.2 Å². The van der Waals surface area contributed by atoms with Crippen molar-refractivity contribution in [1.82, 2.24) is 4.98 Å². The van der Waals surface area contributed by atoms with Gasteiger partial charge in [0.15, 0.2) is 11.5 Å². The van der Waals surface area contributed by atoms with E-state index in [-0.39, 0.29) is 5.78 Å². The first-order valence-electron chi connectivity index (χ1n) is 7.20. The molecule has 3 rings (SSSR count). The number of carbonyl (C=O) groups is 1. The van der Waals surface area contributed by atoms with Crippen LogP contribution in [0, 0.1) is 0 Å². The van der Waals surface area contributed by atoms with Crippen LogP contribution < -0.4 is 14.2 Å². The molecule has 0 saturated heterocycles. The van der Waals surface area contributed by atoms with E-state index in [2.05, 4.69) is 20.9 Å². The molecule has 0 spiro atoms. The lowest BCUT2D eigenvalue weighted by molar-refractivity contribution is 0.103. The highest BCUT2D eigenvalue weighted by molar-refractivity contribution is 9.10. The van der Waals surface area contributed by atoms with E-state index in [0.717, 1.165) is 15.4 Å². The van der Waals surface area contributed by atoms with Gasteiger partial charge in [-0.1, -0.05) is 15.9 Å². The second-order valence-electron chi connectivity index (χ2n) is 5.16. The number of aromatic amines is 1. The Morgan fingerprint density at radius 3 is 2.21 bits per heavy atom. The van der Waals surface area contributed by atoms with Gasteiger partial charge in [-0.2, -0.15) is 0 Å². The van der Waals surface area contributed by atoms with Gasteiger partial charge in [-0.25, -0.2) is 0 Å². The van der Waals surface area contributed by atoms with Crippen LogP contribution in [0.25, 0.3) is 10.9 Å². The lowest BCUT2D eigenvalue weighted by Crippen LogP contribution is -2.04. The number of fused-ring (bicyclic) bond motifs is 1. The van der Waals surface area contributed by atoms with E-state index in [0.29, 0.717) is 28.5 Å². The van der Waals surface area contributed by atoms with Gasteiger partial charge in [0.2, 0.25) is 11.5 Å². The van der Waals surface area contributed by atoms with Crippen molar-refractivity contribution in [1.29, 1.82) is 0 Å². The van der Waals surface area contributed by atoms with Crippen LogP contribution in [-0.4, -0.2) is 32.1 Å². The Bertz CT molecular complexity index is 892. The molecule has 24 heavy (non-hydrogen) atoms. The van der Waals surface area contributed by atoms with Gasteiger partial charge in [0.25, 0.3) is 0 Å². The van der Waals surface area contributed by atoms with Gasteiger partial charge in [0.1, 0.15) is 0 Å². The number of nitrogens with one attached hydrogen (secondary N) is 1. The van der Waals surface area contributed by atoms with Crippen LogP contribution >= 0.6 is 15.9 Å². The highest BCUT2D eigenvalue weighted by Gasteiger charge is 2.19. The van der Waals surface area contributed by atoms with E-state index >= 15 is 0 Å². The number of rotatable bonds is 5. The van der Waals surface area contributed by atoms with Crippen molar-refractivity contribution < 1.29 is 19.0 Å². The number of benzene rings is 2. The first-order valence-corrected chi connectivity index (χ1v) is 7.99. The molecular weight excluding hydrogens is 374 g/mol. The number of hydrogen-bond acceptors (Lipinski definition) is 4. The maximum Gasteiger partial charge on any atom is 0.209 e. The molecule has 3 aromatic rings. The third-order valence-corrected chi connectivity index (χ3v) is 4.25. The standard InChI is InChI=1S/C18H16BrNO4/c1-22-15-8-11(9-16(23-2)18(15)24-3)17(21)14-7-10-6-12(19)4-5-13(10)20-14/h4-9,20H,1-3H3. The van der Waals surface area contributed by atoms with Crippen LogP contribution in [0.15, 0.2) is 40.9 Å². The average Bonchev–Trinajstić information content (AvgIpc) is 3.02. The van der Waals surface area contributed by atoms with Gasteiger partial charge in [-0.05, 0) is 36.4 Å². The van der Waals surface area contributed by atoms with Crippen molar-refractivity contribution >= 4 is 32.6 Å². The zero-order valence-electron chi connectivity index (χ0n) is 13.5. The fourth-order valence-electron chi connectivity index (χ4n) is 2.59. The topological polar surface area (TPSA) is 60.6 Å². The van der Waals surface area contributed by atoms with Crippen molar-refractivity contribution in [3.05, 3.63) is 52.1 Å². The molecule has 6 heteroatoms. The van der Waals surface area contributed by atoms with E-state index in [1.165, 1.54) is 21.3 Å². The van der Waals surface area contributed by atoms with Crippen molar-refractivity contribution in [2.24, 2.45) is 0 Å². The number of hydrogen-bond donors (Lipinski definition) is 1. The van der Waals surface area contributed by atoms with Crippen LogP contribution in [-0.2, 0) is 0 Å². The molecule has 0 aliphatic rings. The Labute approximate surface area is 147 Å². The Kier molecular flexibility index (Phi) is 4.49. The van der Waals surface area contributed by atoms with Gasteiger partial charge < -0.3 is 19.2 Å². The summed E-state index contributed by atoms with van der Waals surface area (Å²) in [6.45, 7) is 0. The highest BCUT2D eigenvalue weighted by atomic mass is 79.9.